The van der Waals surface area contributed by atoms with Crippen LogP contribution in [0.3, 0.4) is 0 Å². The first-order chi connectivity index (χ1) is 8.15. The van der Waals surface area contributed by atoms with Crippen LogP contribution in [0.5, 0.6) is 5.75 Å². The van der Waals surface area contributed by atoms with Crippen LogP contribution >= 0.6 is 11.8 Å². The van der Waals surface area contributed by atoms with Gasteiger partial charge in [-0.15, -0.1) is 0 Å². The lowest BCUT2D eigenvalue weighted by molar-refractivity contribution is 0.0861. The maximum absolute atomic E-state index is 12.5. The molecule has 5 nitrogen and oxygen atoms in total. The van der Waals surface area contributed by atoms with E-state index in [4.69, 9.17) is 4.74 Å². The van der Waals surface area contributed by atoms with Gasteiger partial charge in [-0.25, -0.2) is 0 Å². The molecule has 0 bridgehead atoms. The summed E-state index contributed by atoms with van der Waals surface area (Å²) < 4.78 is 6.78. The number of likely N-dealkylation sites (N-methyl/N-ethyl adjacent to an activating group) is 1. The Morgan fingerprint density at radius 1 is 1.59 bits per heavy atom. The summed E-state index contributed by atoms with van der Waals surface area (Å²) in [5, 5.41) is 4.07. The maximum Gasteiger partial charge on any atom is 0.202 e. The number of carbonyl (C=O) groups is 1. The van der Waals surface area contributed by atoms with Gasteiger partial charge in [-0.05, 0) is 7.05 Å². The number of carbonyl (C=O) groups excluding carboxylic acids is 1. The lowest BCUT2D eigenvalue weighted by Gasteiger charge is -2.30. The molecule has 0 aromatic carbocycles. The van der Waals surface area contributed by atoms with E-state index in [-0.39, 0.29) is 11.8 Å². The van der Waals surface area contributed by atoms with Crippen LogP contribution in [0.2, 0.25) is 0 Å². The van der Waals surface area contributed by atoms with Gasteiger partial charge < -0.3 is 4.74 Å². The van der Waals surface area contributed by atoms with E-state index in [2.05, 4.69) is 10.00 Å². The molecule has 6 heteroatoms. The predicted octanol–water partition coefficient (Wildman–Crippen LogP) is 0.659. The molecule has 17 heavy (non-hydrogen) atoms. The smallest absolute Gasteiger partial charge is 0.202 e. The minimum Gasteiger partial charge on any atom is -0.493 e. The van der Waals surface area contributed by atoms with Crippen molar-refractivity contribution in [2.75, 3.05) is 32.2 Å². The zero-order chi connectivity index (χ0) is 12.4. The van der Waals surface area contributed by atoms with Crippen molar-refractivity contribution < 1.29 is 9.53 Å². The van der Waals surface area contributed by atoms with E-state index in [1.54, 1.807) is 25.0 Å². The molecule has 94 valence electrons. The van der Waals surface area contributed by atoms with Crippen LogP contribution in [0, 0.1) is 0 Å². The average molecular weight is 255 g/mol. The summed E-state index contributed by atoms with van der Waals surface area (Å²) in [6.07, 6.45) is 1.59. The number of aromatic nitrogens is 2. The molecule has 0 saturated carbocycles. The zero-order valence-electron chi connectivity index (χ0n) is 10.3. The quantitative estimate of drug-likeness (QED) is 0.743. The Morgan fingerprint density at radius 3 is 3.00 bits per heavy atom. The largest absolute Gasteiger partial charge is 0.493 e. The van der Waals surface area contributed by atoms with Crippen molar-refractivity contribution >= 4 is 17.5 Å². The fraction of sp³-hybridized carbons (Fsp3) is 0.636. The van der Waals surface area contributed by atoms with Gasteiger partial charge >= 0.3 is 0 Å². The van der Waals surface area contributed by atoms with Gasteiger partial charge in [-0.2, -0.15) is 16.9 Å². The number of hydrogen-bond acceptors (Lipinski definition) is 5. The first-order valence-corrected chi connectivity index (χ1v) is 6.68. The second-order valence-electron chi connectivity index (χ2n) is 4.12. The van der Waals surface area contributed by atoms with E-state index in [9.17, 15) is 4.79 Å². The monoisotopic (exact) mass is 255 g/mol. The van der Waals surface area contributed by atoms with Crippen molar-refractivity contribution in [3.8, 4) is 5.75 Å². The Morgan fingerprint density at radius 2 is 2.35 bits per heavy atom. The Balaban J connectivity index is 2.26. The third-order valence-electron chi connectivity index (χ3n) is 3.06. The van der Waals surface area contributed by atoms with E-state index < -0.39 is 0 Å². The number of thioether (sulfide) groups is 1. The molecular weight excluding hydrogens is 238 g/mol. The first kappa shape index (κ1) is 12.4. The Labute approximate surface area is 105 Å². The van der Waals surface area contributed by atoms with Crippen molar-refractivity contribution in [1.29, 1.82) is 0 Å². The minimum absolute atomic E-state index is 0.0713. The minimum atomic E-state index is -0.0713. The van der Waals surface area contributed by atoms with E-state index in [0.29, 0.717) is 11.4 Å². The molecule has 0 N–H and O–H groups in total. The van der Waals surface area contributed by atoms with Crippen LogP contribution in [-0.4, -0.2) is 58.7 Å². The standard InChI is InChI=1S/C11H17N3O2S/c1-13-4-5-17-7-8(13)11(15)10-9(16-3)6-12-14(10)2/h6,8H,4-5,7H2,1-3H3. The lowest BCUT2D eigenvalue weighted by atomic mass is 10.1. The first-order valence-electron chi connectivity index (χ1n) is 5.53. The molecule has 0 radical (unpaired) electrons. The molecule has 0 aliphatic carbocycles. The van der Waals surface area contributed by atoms with E-state index in [1.165, 1.54) is 0 Å². The summed E-state index contributed by atoms with van der Waals surface area (Å²) in [5.41, 5.74) is 0.562. The van der Waals surface area contributed by atoms with E-state index in [0.717, 1.165) is 18.1 Å². The maximum atomic E-state index is 12.5. The van der Waals surface area contributed by atoms with Crippen LogP contribution in [0.15, 0.2) is 6.20 Å². The Hall–Kier alpha value is -1.01. The van der Waals surface area contributed by atoms with Crippen LogP contribution in [0.1, 0.15) is 10.5 Å². The molecular formula is C11H17N3O2S. The zero-order valence-corrected chi connectivity index (χ0v) is 11.2. The number of nitrogens with zero attached hydrogens (tertiary/aromatic N) is 3. The van der Waals surface area contributed by atoms with E-state index >= 15 is 0 Å². The van der Waals surface area contributed by atoms with Crippen LogP contribution in [0.4, 0.5) is 0 Å². The van der Waals surface area contributed by atoms with Crippen molar-refractivity contribution in [1.82, 2.24) is 14.7 Å². The van der Waals surface area contributed by atoms with Gasteiger partial charge in [0.2, 0.25) is 5.78 Å². The van der Waals surface area contributed by atoms with Crippen LogP contribution < -0.4 is 4.74 Å². The summed E-state index contributed by atoms with van der Waals surface area (Å²) in [6, 6.07) is -0.0713. The number of methoxy groups -OCH3 is 1. The van der Waals surface area contributed by atoms with Gasteiger partial charge in [0, 0.05) is 25.1 Å². The van der Waals surface area contributed by atoms with Gasteiger partial charge in [0.1, 0.15) is 5.69 Å². The third-order valence-corrected chi connectivity index (χ3v) is 4.08. The molecule has 1 fully saturated rings. The molecule has 1 aliphatic rings. The molecule has 0 spiro atoms. The summed E-state index contributed by atoms with van der Waals surface area (Å²) in [6.45, 7) is 0.946. The fourth-order valence-corrected chi connectivity index (χ4v) is 3.18. The third kappa shape index (κ3) is 2.32. The normalized spacial score (nSPS) is 21.5. The molecule has 1 aromatic rings. The van der Waals surface area contributed by atoms with Crippen molar-refractivity contribution in [2.24, 2.45) is 7.05 Å². The van der Waals surface area contributed by atoms with Gasteiger partial charge in [0.25, 0.3) is 0 Å². The van der Waals surface area contributed by atoms with Gasteiger partial charge in [-0.1, -0.05) is 0 Å². The van der Waals surface area contributed by atoms with Gasteiger partial charge in [-0.3, -0.25) is 14.4 Å². The predicted molar refractivity (Wildman–Crippen MR) is 67.8 cm³/mol. The molecule has 1 atom stereocenters. The summed E-state index contributed by atoms with van der Waals surface area (Å²) in [5.74, 6) is 2.57. The molecule has 1 saturated heterocycles. The van der Waals surface area contributed by atoms with E-state index in [1.807, 2.05) is 18.8 Å². The number of ketones is 1. The van der Waals surface area contributed by atoms with Gasteiger partial charge in [0.05, 0.1) is 19.3 Å². The van der Waals surface area contributed by atoms with Gasteiger partial charge in [0.15, 0.2) is 5.75 Å². The average Bonchev–Trinajstić information content (AvgIpc) is 2.70. The second kappa shape index (κ2) is 5.10. The summed E-state index contributed by atoms with van der Waals surface area (Å²) in [4.78, 5) is 14.6. The molecule has 2 rings (SSSR count). The molecule has 1 aromatic heterocycles. The van der Waals surface area contributed by atoms with Crippen LogP contribution in [-0.2, 0) is 7.05 Å². The molecule has 0 amide bonds. The Bertz CT molecular complexity index is 419. The molecule has 1 aliphatic heterocycles. The fourth-order valence-electron chi connectivity index (χ4n) is 1.97. The van der Waals surface area contributed by atoms with Crippen LogP contribution in [0.25, 0.3) is 0 Å². The summed E-state index contributed by atoms with van der Waals surface area (Å²) >= 11 is 1.82. The SMILES string of the molecule is COc1cnn(C)c1C(=O)C1CSCCN1C. The number of ether oxygens (including phenoxy) is 1. The highest BCUT2D eigenvalue weighted by Gasteiger charge is 2.31. The number of rotatable bonds is 3. The van der Waals surface area contributed by atoms with Crippen molar-refractivity contribution in [3.05, 3.63) is 11.9 Å². The second-order valence-corrected chi connectivity index (χ2v) is 5.27. The highest BCUT2D eigenvalue weighted by Crippen LogP contribution is 2.23. The van der Waals surface area contributed by atoms with Crippen molar-refractivity contribution in [2.45, 2.75) is 6.04 Å². The molecule has 2 heterocycles. The molecule has 1 unspecified atom stereocenters. The highest BCUT2D eigenvalue weighted by atomic mass is 32.2. The van der Waals surface area contributed by atoms with Crippen molar-refractivity contribution in [3.63, 3.8) is 0 Å². The lowest BCUT2D eigenvalue weighted by Crippen LogP contribution is -2.45. The number of aryl methyl sites for hydroxylation is 1. The number of Topliss-reactive ketones (excluding diaryl/α,β-unsaturated/α-hetero) is 1. The Kier molecular flexibility index (Phi) is 3.73. The number of hydrogen-bond donors (Lipinski definition) is 0. The topological polar surface area (TPSA) is 47.4 Å². The summed E-state index contributed by atoms with van der Waals surface area (Å²) in [7, 11) is 5.32. The highest BCUT2D eigenvalue weighted by molar-refractivity contribution is 7.99.